The molecule has 0 heterocycles. The van der Waals surface area contributed by atoms with E-state index in [0.717, 1.165) is 0 Å². The Balaban J connectivity index is 2.80. The van der Waals surface area contributed by atoms with Crippen LogP contribution in [0.15, 0.2) is 36.2 Å². The van der Waals surface area contributed by atoms with Crippen molar-refractivity contribution in [3.05, 3.63) is 41.7 Å². The number of aromatic hydroxyl groups is 1. The first-order chi connectivity index (χ1) is 6.27. The third-order valence-corrected chi connectivity index (χ3v) is 1.83. The summed E-state index contributed by atoms with van der Waals surface area (Å²) in [6.45, 7) is 0.171. The molecule has 13 heavy (non-hydrogen) atoms. The van der Waals surface area contributed by atoms with Crippen LogP contribution in [0.3, 0.4) is 0 Å². The van der Waals surface area contributed by atoms with Crippen LogP contribution in [-0.2, 0) is 6.42 Å². The normalized spacial score (nSPS) is 11.7. The van der Waals surface area contributed by atoms with Crippen LogP contribution < -0.4 is 5.73 Å². The molecule has 2 nitrogen and oxygen atoms in total. The van der Waals surface area contributed by atoms with Crippen molar-refractivity contribution in [2.24, 2.45) is 5.73 Å². The second kappa shape index (κ2) is 4.62. The lowest BCUT2D eigenvalue weighted by Crippen LogP contribution is -2.05. The van der Waals surface area contributed by atoms with Crippen molar-refractivity contribution >= 4 is 0 Å². The van der Waals surface area contributed by atoms with Gasteiger partial charge in [-0.15, -0.1) is 0 Å². The van der Waals surface area contributed by atoms with E-state index in [4.69, 9.17) is 5.73 Å². The fourth-order valence-electron chi connectivity index (χ4n) is 1.06. The van der Waals surface area contributed by atoms with Gasteiger partial charge in [-0.25, -0.2) is 4.39 Å². The van der Waals surface area contributed by atoms with Gasteiger partial charge in [-0.3, -0.25) is 0 Å². The molecule has 0 aromatic heterocycles. The third-order valence-electron chi connectivity index (χ3n) is 1.83. The van der Waals surface area contributed by atoms with Crippen LogP contribution >= 0.6 is 0 Å². The Kier molecular flexibility index (Phi) is 3.46. The fourth-order valence-corrected chi connectivity index (χ4v) is 1.06. The number of para-hydroxylation sites is 1. The lowest BCUT2D eigenvalue weighted by molar-refractivity contribution is 0.469. The van der Waals surface area contributed by atoms with Gasteiger partial charge in [0.05, 0.1) is 6.33 Å². The minimum atomic E-state index is 0.171. The van der Waals surface area contributed by atoms with Crippen LogP contribution in [0.2, 0.25) is 0 Å². The molecule has 0 unspecified atom stereocenters. The summed E-state index contributed by atoms with van der Waals surface area (Å²) in [5.74, 6) is 0.176. The van der Waals surface area contributed by atoms with Crippen LogP contribution in [0.4, 0.5) is 4.39 Å². The first kappa shape index (κ1) is 9.74. The molecule has 3 heteroatoms. The van der Waals surface area contributed by atoms with E-state index in [2.05, 4.69) is 0 Å². The van der Waals surface area contributed by atoms with Gasteiger partial charge in [-0.1, -0.05) is 18.2 Å². The Hall–Kier alpha value is -1.35. The number of hydrogen-bond acceptors (Lipinski definition) is 2. The van der Waals surface area contributed by atoms with E-state index in [1.165, 1.54) is 0 Å². The maximum absolute atomic E-state index is 12.2. The van der Waals surface area contributed by atoms with Crippen molar-refractivity contribution in [1.29, 1.82) is 0 Å². The standard InChI is InChI=1S/C10H12FNO/c11-6-8(7-12)5-9-3-1-2-4-10(9)13/h1-4,6,13H,5,7,12H2. The predicted molar refractivity (Wildman–Crippen MR) is 50.1 cm³/mol. The van der Waals surface area contributed by atoms with Crippen molar-refractivity contribution in [2.45, 2.75) is 6.42 Å². The summed E-state index contributed by atoms with van der Waals surface area (Å²) in [7, 11) is 0. The smallest absolute Gasteiger partial charge is 0.119 e. The minimum Gasteiger partial charge on any atom is -0.508 e. The molecule has 0 aliphatic carbocycles. The van der Waals surface area contributed by atoms with Crippen molar-refractivity contribution < 1.29 is 9.50 Å². The molecular weight excluding hydrogens is 169 g/mol. The van der Waals surface area contributed by atoms with Crippen LogP contribution in [0, 0.1) is 0 Å². The first-order valence-corrected chi connectivity index (χ1v) is 4.03. The molecule has 0 fully saturated rings. The molecule has 1 aromatic rings. The number of benzene rings is 1. The van der Waals surface area contributed by atoms with E-state index in [9.17, 15) is 9.50 Å². The SMILES string of the molecule is NCC(=CF)Cc1ccccc1O. The zero-order valence-electron chi connectivity index (χ0n) is 7.20. The van der Waals surface area contributed by atoms with E-state index in [1.54, 1.807) is 24.3 Å². The molecule has 0 saturated carbocycles. The highest BCUT2D eigenvalue weighted by Gasteiger charge is 2.02. The van der Waals surface area contributed by atoms with E-state index >= 15 is 0 Å². The Morgan fingerprint density at radius 2 is 2.15 bits per heavy atom. The summed E-state index contributed by atoms with van der Waals surface area (Å²) in [6.07, 6.45) is 0.853. The molecule has 3 N–H and O–H groups in total. The van der Waals surface area contributed by atoms with E-state index in [0.29, 0.717) is 23.9 Å². The zero-order valence-corrected chi connectivity index (χ0v) is 7.20. The van der Waals surface area contributed by atoms with Gasteiger partial charge in [0, 0.05) is 13.0 Å². The van der Waals surface area contributed by atoms with Crippen molar-refractivity contribution in [3.8, 4) is 5.75 Å². The lowest BCUT2D eigenvalue weighted by atomic mass is 10.1. The van der Waals surface area contributed by atoms with Crippen LogP contribution in [0.5, 0.6) is 5.75 Å². The number of nitrogens with two attached hydrogens (primary N) is 1. The maximum Gasteiger partial charge on any atom is 0.119 e. The molecule has 1 rings (SSSR count). The highest BCUT2D eigenvalue weighted by Crippen LogP contribution is 2.18. The quantitative estimate of drug-likeness (QED) is 0.746. The molecule has 70 valence electrons. The van der Waals surface area contributed by atoms with Crippen LogP contribution in [0.1, 0.15) is 5.56 Å². The lowest BCUT2D eigenvalue weighted by Gasteiger charge is -2.04. The third kappa shape index (κ3) is 2.56. The maximum atomic E-state index is 12.2. The van der Waals surface area contributed by atoms with Gasteiger partial charge in [0.15, 0.2) is 0 Å². The van der Waals surface area contributed by atoms with Gasteiger partial charge in [-0.2, -0.15) is 0 Å². The molecule has 0 atom stereocenters. The van der Waals surface area contributed by atoms with E-state index in [1.807, 2.05) is 0 Å². The first-order valence-electron chi connectivity index (χ1n) is 4.03. The predicted octanol–water partition coefficient (Wildman–Crippen LogP) is 1.75. The van der Waals surface area contributed by atoms with Gasteiger partial charge in [0.25, 0.3) is 0 Å². The van der Waals surface area contributed by atoms with Gasteiger partial charge >= 0.3 is 0 Å². The topological polar surface area (TPSA) is 46.2 Å². The van der Waals surface area contributed by atoms with Crippen molar-refractivity contribution in [1.82, 2.24) is 0 Å². The molecule has 1 aromatic carbocycles. The Morgan fingerprint density at radius 1 is 1.46 bits per heavy atom. The number of phenolic OH excluding ortho intramolecular Hbond substituents is 1. The largest absolute Gasteiger partial charge is 0.508 e. The van der Waals surface area contributed by atoms with Crippen LogP contribution in [-0.4, -0.2) is 11.7 Å². The van der Waals surface area contributed by atoms with E-state index < -0.39 is 0 Å². The van der Waals surface area contributed by atoms with Gasteiger partial charge in [-0.05, 0) is 17.2 Å². The summed E-state index contributed by atoms with van der Waals surface area (Å²) in [4.78, 5) is 0. The fraction of sp³-hybridized carbons (Fsp3) is 0.200. The zero-order chi connectivity index (χ0) is 9.68. The molecule has 0 amide bonds. The number of hydrogen-bond donors (Lipinski definition) is 2. The van der Waals surface area contributed by atoms with Gasteiger partial charge in [0.2, 0.25) is 0 Å². The number of halogens is 1. The van der Waals surface area contributed by atoms with Gasteiger partial charge < -0.3 is 10.8 Å². The Labute approximate surface area is 76.5 Å². The molecule has 0 saturated heterocycles. The molecule has 0 aliphatic heterocycles. The summed E-state index contributed by atoms with van der Waals surface area (Å²) in [5, 5.41) is 9.36. The highest BCUT2D eigenvalue weighted by molar-refractivity contribution is 5.34. The molecule has 0 bridgehead atoms. The number of rotatable bonds is 3. The minimum absolute atomic E-state index is 0.171. The van der Waals surface area contributed by atoms with Gasteiger partial charge in [0.1, 0.15) is 5.75 Å². The number of phenols is 1. The Morgan fingerprint density at radius 3 is 2.69 bits per heavy atom. The summed E-state index contributed by atoms with van der Waals surface area (Å²) in [5.41, 5.74) is 6.46. The second-order valence-corrected chi connectivity index (χ2v) is 2.78. The molecular formula is C10H12FNO. The molecule has 0 aliphatic rings. The Bertz CT molecular complexity index is 310. The summed E-state index contributed by atoms with van der Waals surface area (Å²) in [6, 6.07) is 6.83. The average molecular weight is 181 g/mol. The van der Waals surface area contributed by atoms with E-state index in [-0.39, 0.29) is 12.3 Å². The van der Waals surface area contributed by atoms with Crippen LogP contribution in [0.25, 0.3) is 0 Å². The summed E-state index contributed by atoms with van der Waals surface area (Å²) < 4.78 is 12.2. The average Bonchev–Trinajstić information content (AvgIpc) is 2.17. The summed E-state index contributed by atoms with van der Waals surface area (Å²) >= 11 is 0. The second-order valence-electron chi connectivity index (χ2n) is 2.78. The van der Waals surface area contributed by atoms with Crippen molar-refractivity contribution in [3.63, 3.8) is 0 Å². The van der Waals surface area contributed by atoms with Crippen molar-refractivity contribution in [2.75, 3.05) is 6.54 Å². The highest BCUT2D eigenvalue weighted by atomic mass is 19.1. The molecule has 0 spiro atoms. The molecule has 0 radical (unpaired) electrons. The monoisotopic (exact) mass is 181 g/mol.